The number of aromatic amines is 1. The molecule has 1 aliphatic carbocycles. The van der Waals surface area contributed by atoms with Crippen LogP contribution in [0.4, 0.5) is 13.2 Å². The van der Waals surface area contributed by atoms with E-state index in [9.17, 15) is 22.8 Å². The molecule has 1 aliphatic rings. The standard InChI is InChI=1S/C19H19F3N2O3S/c20-19(21,22)27-13-6-3-5-12(11-13)16(25)9-4-10-28-18-23-15-8-2-1-7-14(15)17(26)24-18/h3,5-6,11H,1-2,4,7-10H2,(H,23,24,26). The van der Waals surface area contributed by atoms with E-state index in [0.717, 1.165) is 49.1 Å². The van der Waals surface area contributed by atoms with Gasteiger partial charge in [-0.05, 0) is 44.2 Å². The number of ketones is 1. The summed E-state index contributed by atoms with van der Waals surface area (Å²) < 4.78 is 40.7. The number of carbonyl (C=O) groups is 1. The maximum atomic E-state index is 12.3. The molecule has 28 heavy (non-hydrogen) atoms. The Balaban J connectivity index is 1.52. The van der Waals surface area contributed by atoms with Gasteiger partial charge < -0.3 is 9.72 Å². The van der Waals surface area contributed by atoms with Gasteiger partial charge in [-0.1, -0.05) is 23.9 Å². The number of H-pyrrole nitrogens is 1. The van der Waals surface area contributed by atoms with Gasteiger partial charge in [0.1, 0.15) is 5.75 Å². The van der Waals surface area contributed by atoms with Crippen molar-refractivity contribution in [1.29, 1.82) is 0 Å². The van der Waals surface area contributed by atoms with E-state index >= 15 is 0 Å². The average Bonchev–Trinajstić information content (AvgIpc) is 2.64. The zero-order valence-corrected chi connectivity index (χ0v) is 15.8. The average molecular weight is 412 g/mol. The van der Waals surface area contributed by atoms with Crippen molar-refractivity contribution >= 4 is 17.5 Å². The highest BCUT2D eigenvalue weighted by atomic mass is 32.2. The Hall–Kier alpha value is -2.29. The molecule has 1 heterocycles. The lowest BCUT2D eigenvalue weighted by Crippen LogP contribution is -2.21. The second kappa shape index (κ2) is 8.81. The number of hydrogen-bond donors (Lipinski definition) is 1. The maximum Gasteiger partial charge on any atom is 0.573 e. The van der Waals surface area contributed by atoms with E-state index in [1.165, 1.54) is 23.9 Å². The third-order valence-corrected chi connectivity index (χ3v) is 5.31. The molecule has 0 spiro atoms. The second-order valence-corrected chi connectivity index (χ2v) is 7.54. The summed E-state index contributed by atoms with van der Waals surface area (Å²) in [6.45, 7) is 0. The molecule has 0 bridgehead atoms. The number of hydrogen-bond acceptors (Lipinski definition) is 5. The van der Waals surface area contributed by atoms with Crippen molar-refractivity contribution in [3.63, 3.8) is 0 Å². The molecule has 0 saturated carbocycles. The van der Waals surface area contributed by atoms with Crippen molar-refractivity contribution in [3.05, 3.63) is 51.4 Å². The molecule has 9 heteroatoms. The third-order valence-electron chi connectivity index (χ3n) is 4.35. The van der Waals surface area contributed by atoms with Crippen LogP contribution in [0.15, 0.2) is 34.2 Å². The number of benzene rings is 1. The van der Waals surface area contributed by atoms with Gasteiger partial charge in [-0.3, -0.25) is 9.59 Å². The van der Waals surface area contributed by atoms with Gasteiger partial charge in [-0.25, -0.2) is 4.98 Å². The molecule has 1 aromatic heterocycles. The van der Waals surface area contributed by atoms with Crippen LogP contribution in [-0.4, -0.2) is 27.9 Å². The smallest absolute Gasteiger partial charge is 0.406 e. The van der Waals surface area contributed by atoms with Gasteiger partial charge in [-0.15, -0.1) is 13.2 Å². The summed E-state index contributed by atoms with van der Waals surface area (Å²) in [5.74, 6) is -0.115. The SMILES string of the molecule is O=C(CCCSc1nc2c(c(=O)[nH]1)CCCC2)c1cccc(OC(F)(F)F)c1. The van der Waals surface area contributed by atoms with Crippen molar-refractivity contribution in [1.82, 2.24) is 9.97 Å². The first kappa shape index (κ1) is 20.4. The zero-order chi connectivity index (χ0) is 20.1. The predicted molar refractivity (Wildman–Crippen MR) is 98.9 cm³/mol. The molecule has 2 aromatic rings. The van der Waals surface area contributed by atoms with E-state index in [2.05, 4.69) is 14.7 Å². The number of fused-ring (bicyclic) bond motifs is 1. The lowest BCUT2D eigenvalue weighted by Gasteiger charge is -2.14. The quantitative estimate of drug-likeness (QED) is 0.318. The number of thioether (sulfide) groups is 1. The number of aryl methyl sites for hydroxylation is 1. The molecular formula is C19H19F3N2O3S. The van der Waals surface area contributed by atoms with Gasteiger partial charge in [-0.2, -0.15) is 0 Å². The van der Waals surface area contributed by atoms with E-state index in [1.807, 2.05) is 0 Å². The Kier molecular flexibility index (Phi) is 6.43. The molecule has 0 amide bonds. The predicted octanol–water partition coefficient (Wildman–Crippen LogP) is 4.30. The van der Waals surface area contributed by atoms with E-state index < -0.39 is 12.1 Å². The van der Waals surface area contributed by atoms with Crippen LogP contribution in [0, 0.1) is 0 Å². The Labute approximate surface area is 163 Å². The van der Waals surface area contributed by atoms with Crippen LogP contribution in [0.3, 0.4) is 0 Å². The number of aromatic nitrogens is 2. The van der Waals surface area contributed by atoms with Gasteiger partial charge in [0.05, 0.1) is 5.69 Å². The van der Waals surface area contributed by atoms with Crippen LogP contribution in [0.2, 0.25) is 0 Å². The number of nitrogens with zero attached hydrogens (tertiary/aromatic N) is 1. The first-order valence-electron chi connectivity index (χ1n) is 8.96. The fraction of sp³-hybridized carbons (Fsp3) is 0.421. The van der Waals surface area contributed by atoms with Gasteiger partial charge >= 0.3 is 6.36 Å². The van der Waals surface area contributed by atoms with Crippen molar-refractivity contribution < 1.29 is 22.7 Å². The number of nitrogens with one attached hydrogen (secondary N) is 1. The fourth-order valence-corrected chi connectivity index (χ4v) is 3.88. The molecule has 0 saturated heterocycles. The molecule has 3 rings (SSSR count). The summed E-state index contributed by atoms with van der Waals surface area (Å²) in [4.78, 5) is 31.6. The highest BCUT2D eigenvalue weighted by molar-refractivity contribution is 7.99. The fourth-order valence-electron chi connectivity index (χ4n) is 3.06. The molecule has 0 radical (unpaired) electrons. The highest BCUT2D eigenvalue weighted by Crippen LogP contribution is 2.24. The Morgan fingerprint density at radius 3 is 2.82 bits per heavy atom. The van der Waals surface area contributed by atoms with Gasteiger partial charge in [0.15, 0.2) is 10.9 Å². The molecule has 0 aliphatic heterocycles. The van der Waals surface area contributed by atoms with Crippen molar-refractivity contribution in [2.24, 2.45) is 0 Å². The van der Waals surface area contributed by atoms with E-state index in [-0.39, 0.29) is 23.3 Å². The monoisotopic (exact) mass is 412 g/mol. The van der Waals surface area contributed by atoms with Crippen molar-refractivity contribution in [2.75, 3.05) is 5.75 Å². The molecular weight excluding hydrogens is 393 g/mol. The minimum Gasteiger partial charge on any atom is -0.406 e. The van der Waals surface area contributed by atoms with Crippen LogP contribution >= 0.6 is 11.8 Å². The number of ether oxygens (including phenoxy) is 1. The van der Waals surface area contributed by atoms with Crippen LogP contribution in [0.5, 0.6) is 5.75 Å². The number of halogens is 3. The first-order valence-corrected chi connectivity index (χ1v) is 9.94. The molecule has 0 fully saturated rings. The van der Waals surface area contributed by atoms with Gasteiger partial charge in [0.25, 0.3) is 5.56 Å². The zero-order valence-electron chi connectivity index (χ0n) is 15.0. The van der Waals surface area contributed by atoms with Crippen LogP contribution < -0.4 is 10.3 Å². The minimum absolute atomic E-state index is 0.0928. The summed E-state index contributed by atoms with van der Waals surface area (Å²) in [6, 6.07) is 5.05. The first-order chi connectivity index (χ1) is 13.3. The molecule has 1 N–H and O–H groups in total. The van der Waals surface area contributed by atoms with Crippen LogP contribution in [0.1, 0.15) is 47.3 Å². The minimum atomic E-state index is -4.79. The molecule has 0 unspecified atom stereocenters. The summed E-state index contributed by atoms with van der Waals surface area (Å²) in [5, 5.41) is 0.540. The van der Waals surface area contributed by atoms with Crippen LogP contribution in [0.25, 0.3) is 0 Å². The largest absolute Gasteiger partial charge is 0.573 e. The van der Waals surface area contributed by atoms with E-state index in [0.29, 0.717) is 17.3 Å². The number of carbonyl (C=O) groups excluding carboxylic acids is 1. The van der Waals surface area contributed by atoms with E-state index in [1.54, 1.807) is 0 Å². The number of alkyl halides is 3. The Morgan fingerprint density at radius 1 is 1.25 bits per heavy atom. The van der Waals surface area contributed by atoms with Crippen molar-refractivity contribution in [3.8, 4) is 5.75 Å². The van der Waals surface area contributed by atoms with Crippen LogP contribution in [-0.2, 0) is 12.8 Å². The third kappa shape index (κ3) is 5.60. The molecule has 1 aromatic carbocycles. The second-order valence-electron chi connectivity index (χ2n) is 6.45. The van der Waals surface area contributed by atoms with Crippen molar-refractivity contribution in [2.45, 2.75) is 50.0 Å². The summed E-state index contributed by atoms with van der Waals surface area (Å²) in [6.07, 6.45) is -0.514. The Bertz CT molecular complexity index is 912. The highest BCUT2D eigenvalue weighted by Gasteiger charge is 2.31. The van der Waals surface area contributed by atoms with Gasteiger partial charge in [0.2, 0.25) is 0 Å². The molecule has 0 atom stereocenters. The summed E-state index contributed by atoms with van der Waals surface area (Å²) >= 11 is 1.36. The summed E-state index contributed by atoms with van der Waals surface area (Å²) in [5.41, 5.74) is 1.71. The number of rotatable bonds is 7. The number of Topliss-reactive ketones (excluding diaryl/α,β-unsaturated/α-hetero) is 1. The molecule has 150 valence electrons. The normalized spacial score (nSPS) is 13.8. The molecule has 5 nitrogen and oxygen atoms in total. The summed E-state index contributed by atoms with van der Waals surface area (Å²) in [7, 11) is 0. The topological polar surface area (TPSA) is 72.0 Å². The maximum absolute atomic E-state index is 12.3. The van der Waals surface area contributed by atoms with E-state index in [4.69, 9.17) is 0 Å². The van der Waals surface area contributed by atoms with Gasteiger partial charge in [0, 0.05) is 23.3 Å². The lowest BCUT2D eigenvalue weighted by atomic mass is 9.97. The Morgan fingerprint density at radius 2 is 2.04 bits per heavy atom. The lowest BCUT2D eigenvalue weighted by molar-refractivity contribution is -0.274.